The Morgan fingerprint density at radius 3 is 2.55 bits per heavy atom. The second-order valence-electron chi connectivity index (χ2n) is 7.06. The first kappa shape index (κ1) is 19.3. The second-order valence-corrected chi connectivity index (χ2v) is 7.06. The van der Waals surface area contributed by atoms with Gasteiger partial charge >= 0.3 is 0 Å². The zero-order valence-corrected chi connectivity index (χ0v) is 17.0. The normalized spacial score (nSPS) is 15.1. The number of aryl methyl sites for hydroxylation is 1. The first-order chi connectivity index (χ1) is 14.1. The molecule has 0 aliphatic carbocycles. The van der Waals surface area contributed by atoms with Crippen LogP contribution in [0.5, 0.6) is 0 Å². The van der Waals surface area contributed by atoms with Crippen LogP contribution in [0.25, 0.3) is 17.3 Å². The van der Waals surface area contributed by atoms with Gasteiger partial charge in [0.1, 0.15) is 0 Å². The minimum Gasteiger partial charge on any atom is -0.336 e. The molecule has 0 radical (unpaired) electrons. The maximum absolute atomic E-state index is 12.9. The van der Waals surface area contributed by atoms with Gasteiger partial charge in [-0.1, -0.05) is 19.0 Å². The first-order valence-electron chi connectivity index (χ1n) is 9.96. The molecule has 9 nitrogen and oxygen atoms in total. The van der Waals surface area contributed by atoms with Crippen molar-refractivity contribution in [2.75, 3.05) is 32.7 Å². The number of aromatic nitrogens is 5. The minimum absolute atomic E-state index is 0.0269. The summed E-state index contributed by atoms with van der Waals surface area (Å²) in [7, 11) is 0. The molecule has 1 aliphatic rings. The number of nitrogens with zero attached hydrogens (tertiary/aromatic N) is 7. The molecular weight excluding hydrogens is 370 g/mol. The van der Waals surface area contributed by atoms with E-state index in [1.54, 1.807) is 17.1 Å². The van der Waals surface area contributed by atoms with E-state index in [0.29, 0.717) is 29.5 Å². The monoisotopic (exact) mass is 395 g/mol. The predicted molar refractivity (Wildman–Crippen MR) is 107 cm³/mol. The summed E-state index contributed by atoms with van der Waals surface area (Å²) in [5, 5.41) is 8.30. The molecule has 29 heavy (non-hydrogen) atoms. The summed E-state index contributed by atoms with van der Waals surface area (Å²) in [6.45, 7) is 10.3. The van der Waals surface area contributed by atoms with E-state index in [4.69, 9.17) is 4.52 Å². The Morgan fingerprint density at radius 1 is 1.14 bits per heavy atom. The largest absolute Gasteiger partial charge is 0.336 e. The van der Waals surface area contributed by atoms with Crippen molar-refractivity contribution in [1.29, 1.82) is 0 Å². The summed E-state index contributed by atoms with van der Waals surface area (Å²) in [6.07, 6.45) is 4.02. The standard InChI is InChI=1S/C20H25N7O2/c1-4-17-23-19(29-24-17)15-6-7-18(21-12-15)27-14(3)16(13-22-27)20(28)26-10-8-25(5-2)9-11-26/h6-7,12-13H,4-5,8-11H2,1-3H3. The third kappa shape index (κ3) is 3.77. The number of hydrogen-bond donors (Lipinski definition) is 0. The van der Waals surface area contributed by atoms with Gasteiger partial charge in [-0.05, 0) is 25.6 Å². The van der Waals surface area contributed by atoms with Crippen LogP contribution in [0.1, 0.15) is 35.7 Å². The summed E-state index contributed by atoms with van der Waals surface area (Å²) in [6, 6.07) is 3.70. The zero-order valence-electron chi connectivity index (χ0n) is 17.0. The highest BCUT2D eigenvalue weighted by Crippen LogP contribution is 2.20. The molecule has 4 heterocycles. The number of rotatable bonds is 5. The third-order valence-corrected chi connectivity index (χ3v) is 5.34. The van der Waals surface area contributed by atoms with Crippen LogP contribution in [0.2, 0.25) is 0 Å². The van der Waals surface area contributed by atoms with E-state index in [9.17, 15) is 4.79 Å². The fourth-order valence-electron chi connectivity index (χ4n) is 3.44. The zero-order chi connectivity index (χ0) is 20.4. The molecule has 4 rings (SSSR count). The predicted octanol–water partition coefficient (Wildman–Crippen LogP) is 1.97. The lowest BCUT2D eigenvalue weighted by molar-refractivity contribution is 0.0642. The lowest BCUT2D eigenvalue weighted by atomic mass is 10.2. The van der Waals surface area contributed by atoms with Gasteiger partial charge in [0.2, 0.25) is 0 Å². The molecule has 1 saturated heterocycles. The molecule has 1 aliphatic heterocycles. The molecule has 3 aromatic rings. The van der Waals surface area contributed by atoms with E-state index < -0.39 is 0 Å². The molecule has 0 saturated carbocycles. The quantitative estimate of drug-likeness (QED) is 0.652. The Balaban J connectivity index is 1.51. The summed E-state index contributed by atoms with van der Waals surface area (Å²) < 4.78 is 6.94. The molecule has 0 aromatic carbocycles. The van der Waals surface area contributed by atoms with Gasteiger partial charge in [0.25, 0.3) is 11.8 Å². The van der Waals surface area contributed by atoms with Gasteiger partial charge < -0.3 is 14.3 Å². The third-order valence-electron chi connectivity index (χ3n) is 5.34. The van der Waals surface area contributed by atoms with E-state index in [0.717, 1.165) is 44.0 Å². The van der Waals surface area contributed by atoms with Gasteiger partial charge in [0.15, 0.2) is 11.6 Å². The second kappa shape index (κ2) is 8.12. The Morgan fingerprint density at radius 2 is 1.93 bits per heavy atom. The maximum atomic E-state index is 12.9. The molecule has 1 amide bonds. The van der Waals surface area contributed by atoms with Crippen LogP contribution in [0.4, 0.5) is 0 Å². The molecule has 0 atom stereocenters. The first-order valence-corrected chi connectivity index (χ1v) is 9.96. The average molecular weight is 395 g/mol. The summed E-state index contributed by atoms with van der Waals surface area (Å²) >= 11 is 0. The number of carbonyl (C=O) groups excluding carboxylic acids is 1. The molecule has 0 unspecified atom stereocenters. The van der Waals surface area contributed by atoms with Crippen LogP contribution in [-0.2, 0) is 6.42 Å². The average Bonchev–Trinajstić information content (AvgIpc) is 3.40. The number of amides is 1. The lowest BCUT2D eigenvalue weighted by Crippen LogP contribution is -2.48. The summed E-state index contributed by atoms with van der Waals surface area (Å²) in [4.78, 5) is 26.0. The van der Waals surface area contributed by atoms with Crippen LogP contribution in [0, 0.1) is 6.92 Å². The van der Waals surface area contributed by atoms with E-state index in [2.05, 4.69) is 32.0 Å². The van der Waals surface area contributed by atoms with Gasteiger partial charge in [-0.2, -0.15) is 10.1 Å². The van der Waals surface area contributed by atoms with Crippen LogP contribution >= 0.6 is 0 Å². The molecule has 9 heteroatoms. The molecule has 0 spiro atoms. The maximum Gasteiger partial charge on any atom is 0.259 e. The SMILES string of the molecule is CCc1noc(-c2ccc(-n3ncc(C(=O)N4CCN(CC)CC4)c3C)nc2)n1. The van der Waals surface area contributed by atoms with E-state index in [1.807, 2.05) is 30.9 Å². The van der Waals surface area contributed by atoms with Gasteiger partial charge in [0, 0.05) is 38.8 Å². The van der Waals surface area contributed by atoms with Crippen molar-refractivity contribution in [2.45, 2.75) is 27.2 Å². The Bertz CT molecular complexity index is 985. The van der Waals surface area contributed by atoms with Crippen molar-refractivity contribution in [3.63, 3.8) is 0 Å². The number of hydrogen-bond acceptors (Lipinski definition) is 7. The number of carbonyl (C=O) groups is 1. The van der Waals surface area contributed by atoms with Crippen LogP contribution in [-0.4, -0.2) is 73.3 Å². The molecule has 3 aromatic heterocycles. The van der Waals surface area contributed by atoms with Gasteiger partial charge in [-0.25, -0.2) is 9.67 Å². The molecule has 152 valence electrons. The van der Waals surface area contributed by atoms with Gasteiger partial charge in [-0.3, -0.25) is 4.79 Å². The Kier molecular flexibility index (Phi) is 5.39. The topological polar surface area (TPSA) is 93.2 Å². The fraction of sp³-hybridized carbons (Fsp3) is 0.450. The van der Waals surface area contributed by atoms with Gasteiger partial charge in [-0.15, -0.1) is 0 Å². The number of piperazine rings is 1. The van der Waals surface area contributed by atoms with E-state index in [-0.39, 0.29) is 5.91 Å². The Labute approximate surface area is 169 Å². The summed E-state index contributed by atoms with van der Waals surface area (Å²) in [5.74, 6) is 1.77. The van der Waals surface area contributed by atoms with E-state index in [1.165, 1.54) is 0 Å². The van der Waals surface area contributed by atoms with Crippen LogP contribution in [0.3, 0.4) is 0 Å². The van der Waals surface area contributed by atoms with Gasteiger partial charge in [0.05, 0.1) is 23.0 Å². The highest BCUT2D eigenvalue weighted by molar-refractivity contribution is 5.95. The number of pyridine rings is 1. The van der Waals surface area contributed by atoms with Crippen LogP contribution < -0.4 is 0 Å². The smallest absolute Gasteiger partial charge is 0.259 e. The highest BCUT2D eigenvalue weighted by atomic mass is 16.5. The molecule has 0 N–H and O–H groups in total. The Hall–Kier alpha value is -3.07. The highest BCUT2D eigenvalue weighted by Gasteiger charge is 2.24. The lowest BCUT2D eigenvalue weighted by Gasteiger charge is -2.34. The van der Waals surface area contributed by atoms with Crippen molar-refractivity contribution >= 4 is 5.91 Å². The number of likely N-dealkylation sites (N-methyl/N-ethyl adjacent to an activating group) is 1. The van der Waals surface area contributed by atoms with Crippen LogP contribution in [0.15, 0.2) is 29.0 Å². The van der Waals surface area contributed by atoms with Crippen molar-refractivity contribution < 1.29 is 9.32 Å². The van der Waals surface area contributed by atoms with Crippen molar-refractivity contribution in [1.82, 2.24) is 34.7 Å². The fourth-order valence-corrected chi connectivity index (χ4v) is 3.44. The van der Waals surface area contributed by atoms with E-state index >= 15 is 0 Å². The minimum atomic E-state index is 0.0269. The van der Waals surface area contributed by atoms with Crippen molar-refractivity contribution in [2.24, 2.45) is 0 Å². The van der Waals surface area contributed by atoms with Crippen molar-refractivity contribution in [3.05, 3.63) is 41.6 Å². The van der Waals surface area contributed by atoms with Crippen molar-refractivity contribution in [3.8, 4) is 17.3 Å². The molecule has 0 bridgehead atoms. The summed E-state index contributed by atoms with van der Waals surface area (Å²) in [5.41, 5.74) is 2.14. The molecule has 1 fully saturated rings. The molecular formula is C20H25N7O2.